The van der Waals surface area contributed by atoms with Crippen molar-refractivity contribution in [3.63, 3.8) is 0 Å². The van der Waals surface area contributed by atoms with Crippen LogP contribution in [0.2, 0.25) is 5.22 Å². The molecule has 1 heterocycles. The zero-order valence-corrected chi connectivity index (χ0v) is 10.1. The van der Waals surface area contributed by atoms with E-state index in [1.807, 2.05) is 30.3 Å². The van der Waals surface area contributed by atoms with Crippen LogP contribution in [0.15, 0.2) is 47.1 Å². The molecule has 17 heavy (non-hydrogen) atoms. The fourth-order valence-electron chi connectivity index (χ4n) is 1.58. The Labute approximate surface area is 105 Å². The maximum atomic E-state index is 12.0. The van der Waals surface area contributed by atoms with E-state index in [9.17, 15) is 4.79 Å². The molecule has 88 valence electrons. The number of halogens is 1. The lowest BCUT2D eigenvalue weighted by molar-refractivity contribution is 0.0784. The quantitative estimate of drug-likeness (QED) is 0.837. The van der Waals surface area contributed by atoms with Gasteiger partial charge in [-0.2, -0.15) is 0 Å². The zero-order chi connectivity index (χ0) is 12.3. The molecular weight excluding hydrogens is 238 g/mol. The number of rotatable bonds is 3. The second-order valence-electron chi connectivity index (χ2n) is 3.75. The van der Waals surface area contributed by atoms with Gasteiger partial charge in [0.25, 0.3) is 5.91 Å². The van der Waals surface area contributed by atoms with Gasteiger partial charge in [-0.3, -0.25) is 4.79 Å². The van der Waals surface area contributed by atoms with Gasteiger partial charge < -0.3 is 9.32 Å². The van der Waals surface area contributed by atoms with Crippen molar-refractivity contribution in [2.75, 3.05) is 7.05 Å². The van der Waals surface area contributed by atoms with Gasteiger partial charge in [-0.05, 0) is 23.2 Å². The average Bonchev–Trinajstić information content (AvgIpc) is 2.76. The number of hydrogen-bond acceptors (Lipinski definition) is 2. The topological polar surface area (TPSA) is 33.5 Å². The monoisotopic (exact) mass is 249 g/mol. The summed E-state index contributed by atoms with van der Waals surface area (Å²) < 4.78 is 4.90. The first-order valence-corrected chi connectivity index (χ1v) is 5.58. The van der Waals surface area contributed by atoms with Crippen LogP contribution in [0.3, 0.4) is 0 Å². The predicted molar refractivity (Wildman–Crippen MR) is 66.0 cm³/mol. The maximum Gasteiger partial charge on any atom is 0.258 e. The van der Waals surface area contributed by atoms with Gasteiger partial charge in [0.05, 0.1) is 11.8 Å². The molecule has 0 N–H and O–H groups in total. The lowest BCUT2D eigenvalue weighted by Crippen LogP contribution is -2.25. The summed E-state index contributed by atoms with van der Waals surface area (Å²) in [6.45, 7) is 0.543. The lowest BCUT2D eigenvalue weighted by atomic mass is 10.2. The summed E-state index contributed by atoms with van der Waals surface area (Å²) in [6.07, 6.45) is 1.41. The van der Waals surface area contributed by atoms with Crippen LogP contribution in [0.4, 0.5) is 0 Å². The lowest BCUT2D eigenvalue weighted by Gasteiger charge is -2.16. The van der Waals surface area contributed by atoms with Crippen molar-refractivity contribution in [2.45, 2.75) is 6.54 Å². The molecule has 0 radical (unpaired) electrons. The molecule has 2 rings (SSSR count). The summed E-state index contributed by atoms with van der Waals surface area (Å²) in [7, 11) is 1.73. The smallest absolute Gasteiger partial charge is 0.258 e. The van der Waals surface area contributed by atoms with E-state index in [1.54, 1.807) is 18.0 Å². The fraction of sp³-hybridized carbons (Fsp3) is 0.154. The Kier molecular flexibility index (Phi) is 3.49. The SMILES string of the molecule is CN(Cc1ccccc1)C(=O)c1ccoc1Cl. The minimum Gasteiger partial charge on any atom is -0.452 e. The van der Waals surface area contributed by atoms with E-state index in [1.165, 1.54) is 6.26 Å². The minimum absolute atomic E-state index is 0.134. The highest BCUT2D eigenvalue weighted by Crippen LogP contribution is 2.18. The molecule has 1 aromatic heterocycles. The van der Waals surface area contributed by atoms with Crippen LogP contribution in [-0.2, 0) is 6.54 Å². The molecule has 0 aliphatic heterocycles. The summed E-state index contributed by atoms with van der Waals surface area (Å²) in [6, 6.07) is 11.4. The third-order valence-corrected chi connectivity index (χ3v) is 2.75. The molecule has 0 atom stereocenters. The molecule has 0 aliphatic carbocycles. The first kappa shape index (κ1) is 11.7. The second kappa shape index (κ2) is 5.06. The van der Waals surface area contributed by atoms with Crippen molar-refractivity contribution in [3.05, 3.63) is 59.0 Å². The van der Waals surface area contributed by atoms with Crippen LogP contribution in [0, 0.1) is 0 Å². The number of hydrogen-bond donors (Lipinski definition) is 0. The predicted octanol–water partition coefficient (Wildman–Crippen LogP) is 3.21. The van der Waals surface area contributed by atoms with Gasteiger partial charge in [-0.1, -0.05) is 30.3 Å². The highest BCUT2D eigenvalue weighted by molar-refractivity contribution is 6.32. The van der Waals surface area contributed by atoms with Gasteiger partial charge in [0.1, 0.15) is 0 Å². The largest absolute Gasteiger partial charge is 0.452 e. The molecule has 1 aromatic carbocycles. The van der Waals surface area contributed by atoms with E-state index in [-0.39, 0.29) is 11.1 Å². The Morgan fingerprint density at radius 2 is 2.00 bits per heavy atom. The van der Waals surface area contributed by atoms with Crippen molar-refractivity contribution >= 4 is 17.5 Å². The third-order valence-electron chi connectivity index (χ3n) is 2.46. The van der Waals surface area contributed by atoms with E-state index >= 15 is 0 Å². The fourth-order valence-corrected chi connectivity index (χ4v) is 1.78. The van der Waals surface area contributed by atoms with E-state index in [0.717, 1.165) is 5.56 Å². The molecule has 4 heteroatoms. The minimum atomic E-state index is -0.146. The first-order chi connectivity index (χ1) is 8.18. The average molecular weight is 250 g/mol. The molecule has 2 aromatic rings. The third kappa shape index (κ3) is 2.68. The van der Waals surface area contributed by atoms with Crippen molar-refractivity contribution in [2.24, 2.45) is 0 Å². The van der Waals surface area contributed by atoms with Crippen molar-refractivity contribution in [1.29, 1.82) is 0 Å². The Morgan fingerprint density at radius 3 is 2.59 bits per heavy atom. The molecule has 0 saturated carbocycles. The number of carbonyl (C=O) groups is 1. The Morgan fingerprint density at radius 1 is 1.29 bits per heavy atom. The summed E-state index contributed by atoms with van der Waals surface area (Å²) in [5, 5.41) is 0.134. The summed E-state index contributed by atoms with van der Waals surface area (Å²) in [5.74, 6) is -0.146. The molecule has 0 bridgehead atoms. The molecular formula is C13H12ClNO2. The summed E-state index contributed by atoms with van der Waals surface area (Å²) >= 11 is 5.77. The van der Waals surface area contributed by atoms with Crippen molar-refractivity contribution < 1.29 is 9.21 Å². The number of carbonyl (C=O) groups excluding carboxylic acids is 1. The van der Waals surface area contributed by atoms with Crippen molar-refractivity contribution in [3.8, 4) is 0 Å². The van der Waals surface area contributed by atoms with E-state index in [0.29, 0.717) is 12.1 Å². The molecule has 0 saturated heterocycles. The molecule has 1 amide bonds. The second-order valence-corrected chi connectivity index (χ2v) is 4.10. The van der Waals surface area contributed by atoms with Gasteiger partial charge in [-0.15, -0.1) is 0 Å². The number of benzene rings is 1. The highest BCUT2D eigenvalue weighted by Gasteiger charge is 2.17. The number of nitrogens with zero attached hydrogens (tertiary/aromatic N) is 1. The molecule has 0 spiro atoms. The van der Waals surface area contributed by atoms with Crippen LogP contribution in [-0.4, -0.2) is 17.9 Å². The van der Waals surface area contributed by atoms with Gasteiger partial charge in [0.15, 0.2) is 0 Å². The number of amides is 1. The van der Waals surface area contributed by atoms with Crippen LogP contribution < -0.4 is 0 Å². The molecule has 0 unspecified atom stereocenters. The summed E-state index contributed by atoms with van der Waals surface area (Å²) in [5.41, 5.74) is 1.47. The maximum absolute atomic E-state index is 12.0. The molecule has 0 aliphatic rings. The molecule has 0 fully saturated rings. The van der Waals surface area contributed by atoms with Gasteiger partial charge in [0.2, 0.25) is 5.22 Å². The van der Waals surface area contributed by atoms with Crippen LogP contribution in [0.25, 0.3) is 0 Å². The molecule has 3 nitrogen and oxygen atoms in total. The Hall–Kier alpha value is -1.74. The normalized spacial score (nSPS) is 10.2. The van der Waals surface area contributed by atoms with E-state index < -0.39 is 0 Å². The van der Waals surface area contributed by atoms with Crippen LogP contribution in [0.1, 0.15) is 15.9 Å². The zero-order valence-electron chi connectivity index (χ0n) is 9.39. The Bertz CT molecular complexity index is 507. The van der Waals surface area contributed by atoms with Gasteiger partial charge in [0, 0.05) is 13.6 Å². The van der Waals surface area contributed by atoms with E-state index in [4.69, 9.17) is 16.0 Å². The summed E-state index contributed by atoms with van der Waals surface area (Å²) in [4.78, 5) is 13.6. The first-order valence-electron chi connectivity index (χ1n) is 5.21. The highest BCUT2D eigenvalue weighted by atomic mass is 35.5. The van der Waals surface area contributed by atoms with E-state index in [2.05, 4.69) is 0 Å². The van der Waals surface area contributed by atoms with Gasteiger partial charge >= 0.3 is 0 Å². The Balaban J connectivity index is 2.09. The van der Waals surface area contributed by atoms with Crippen LogP contribution >= 0.6 is 11.6 Å². The van der Waals surface area contributed by atoms with Crippen molar-refractivity contribution in [1.82, 2.24) is 4.90 Å². The van der Waals surface area contributed by atoms with Gasteiger partial charge in [-0.25, -0.2) is 0 Å². The number of furan rings is 1. The van der Waals surface area contributed by atoms with Crippen LogP contribution in [0.5, 0.6) is 0 Å². The standard InChI is InChI=1S/C13H12ClNO2/c1-15(9-10-5-3-2-4-6-10)13(16)11-7-8-17-12(11)14/h2-8H,9H2,1H3.